The largest absolute Gasteiger partial charge is 0.340 e. The first kappa shape index (κ1) is 20.0. The molecule has 1 aromatic carbocycles. The van der Waals surface area contributed by atoms with Gasteiger partial charge in [0.1, 0.15) is 16.9 Å². The second-order valence-corrected chi connectivity index (χ2v) is 7.83. The molecule has 6 nitrogen and oxygen atoms in total. The van der Waals surface area contributed by atoms with Gasteiger partial charge in [0.05, 0.1) is 5.56 Å². The van der Waals surface area contributed by atoms with Crippen LogP contribution in [0.3, 0.4) is 0 Å². The Morgan fingerprint density at radius 2 is 1.85 bits per heavy atom. The van der Waals surface area contributed by atoms with Gasteiger partial charge in [0.25, 0.3) is 5.91 Å². The first-order chi connectivity index (χ1) is 12.3. The third-order valence-electron chi connectivity index (χ3n) is 3.63. The van der Waals surface area contributed by atoms with E-state index in [0.29, 0.717) is 11.0 Å². The molecule has 0 radical (unpaired) electrons. The highest BCUT2D eigenvalue weighted by atomic mass is 32.1. The monoisotopic (exact) mass is 378 g/mol. The van der Waals surface area contributed by atoms with Crippen LogP contribution in [0.1, 0.15) is 43.1 Å². The van der Waals surface area contributed by atoms with Gasteiger partial charge >= 0.3 is 0 Å². The minimum Gasteiger partial charge on any atom is -0.340 e. The van der Waals surface area contributed by atoms with Gasteiger partial charge in [-0.15, -0.1) is 10.2 Å². The second-order valence-electron chi connectivity index (χ2n) is 6.76. The van der Waals surface area contributed by atoms with E-state index in [1.807, 2.05) is 0 Å². The van der Waals surface area contributed by atoms with Crippen molar-refractivity contribution in [3.8, 4) is 0 Å². The van der Waals surface area contributed by atoms with Crippen LogP contribution in [-0.2, 0) is 11.2 Å². The summed E-state index contributed by atoms with van der Waals surface area (Å²) >= 11 is 1.31. The van der Waals surface area contributed by atoms with E-state index in [0.717, 1.165) is 11.4 Å². The van der Waals surface area contributed by atoms with E-state index in [-0.39, 0.29) is 11.5 Å². The molecule has 0 aliphatic heterocycles. The normalized spacial score (nSPS) is 12.3. The number of hydrogen-bond donors (Lipinski definition) is 2. The highest BCUT2D eigenvalue weighted by molar-refractivity contribution is 7.15. The standard InChI is InChI=1S/C18H23FN4O2S/c1-10(2)9-14-22-23-18(26-14)21-17(25)15(11(3)4)20-16(24)12-7-5-6-8-13(12)19/h5-8,10-11,15H,9H2,1-4H3,(H,20,24)(H,21,23,25). The molecule has 0 saturated carbocycles. The van der Waals surface area contributed by atoms with E-state index in [1.54, 1.807) is 19.9 Å². The average Bonchev–Trinajstić information content (AvgIpc) is 2.98. The molecule has 2 rings (SSSR count). The first-order valence-electron chi connectivity index (χ1n) is 8.46. The van der Waals surface area contributed by atoms with Gasteiger partial charge in [0, 0.05) is 6.42 Å². The summed E-state index contributed by atoms with van der Waals surface area (Å²) in [5.41, 5.74) is -0.0962. The van der Waals surface area contributed by atoms with Crippen molar-refractivity contribution in [1.29, 1.82) is 0 Å². The fraction of sp³-hybridized carbons (Fsp3) is 0.444. The zero-order valence-corrected chi connectivity index (χ0v) is 16.1. The first-order valence-corrected chi connectivity index (χ1v) is 9.28. The van der Waals surface area contributed by atoms with Crippen LogP contribution in [0.15, 0.2) is 24.3 Å². The van der Waals surface area contributed by atoms with Crippen LogP contribution < -0.4 is 10.6 Å². The van der Waals surface area contributed by atoms with E-state index in [2.05, 4.69) is 34.7 Å². The van der Waals surface area contributed by atoms with E-state index in [1.165, 1.54) is 29.5 Å². The minimum atomic E-state index is -0.820. The average molecular weight is 378 g/mol. The molecule has 0 aliphatic carbocycles. The molecule has 1 atom stereocenters. The molecular weight excluding hydrogens is 355 g/mol. The van der Waals surface area contributed by atoms with Crippen molar-refractivity contribution in [3.63, 3.8) is 0 Å². The molecule has 140 valence electrons. The summed E-state index contributed by atoms with van der Waals surface area (Å²) in [6.45, 7) is 7.76. The number of hydrogen-bond acceptors (Lipinski definition) is 5. The highest BCUT2D eigenvalue weighted by Crippen LogP contribution is 2.19. The van der Waals surface area contributed by atoms with Crippen molar-refractivity contribution < 1.29 is 14.0 Å². The number of nitrogens with one attached hydrogen (secondary N) is 2. The van der Waals surface area contributed by atoms with Crippen molar-refractivity contribution >= 4 is 28.3 Å². The third-order valence-corrected chi connectivity index (χ3v) is 4.50. The molecule has 1 unspecified atom stereocenters. The van der Waals surface area contributed by atoms with E-state index >= 15 is 0 Å². The maximum atomic E-state index is 13.8. The summed E-state index contributed by atoms with van der Waals surface area (Å²) < 4.78 is 13.8. The number of benzene rings is 1. The molecule has 0 fully saturated rings. The topological polar surface area (TPSA) is 84.0 Å². The van der Waals surface area contributed by atoms with Crippen LogP contribution >= 0.6 is 11.3 Å². The summed E-state index contributed by atoms with van der Waals surface area (Å²) in [4.78, 5) is 24.9. The Morgan fingerprint density at radius 1 is 1.15 bits per heavy atom. The fourth-order valence-corrected chi connectivity index (χ4v) is 3.27. The second kappa shape index (κ2) is 8.84. The lowest BCUT2D eigenvalue weighted by molar-refractivity contribution is -0.118. The SMILES string of the molecule is CC(C)Cc1nnc(NC(=O)C(NC(=O)c2ccccc2F)C(C)C)s1. The van der Waals surface area contributed by atoms with Gasteiger partial charge in [0.2, 0.25) is 11.0 Å². The molecule has 1 aromatic heterocycles. The number of carbonyl (C=O) groups excluding carboxylic acids is 2. The van der Waals surface area contributed by atoms with E-state index < -0.39 is 23.7 Å². The summed E-state index contributed by atoms with van der Waals surface area (Å²) in [5, 5.41) is 14.5. The van der Waals surface area contributed by atoms with Gasteiger partial charge < -0.3 is 5.32 Å². The van der Waals surface area contributed by atoms with Gasteiger partial charge in [-0.1, -0.05) is 51.2 Å². The fourth-order valence-electron chi connectivity index (χ4n) is 2.32. The molecule has 2 N–H and O–H groups in total. The molecular formula is C18H23FN4O2S. The van der Waals surface area contributed by atoms with Crippen LogP contribution in [0.25, 0.3) is 0 Å². The van der Waals surface area contributed by atoms with Crippen molar-refractivity contribution in [2.45, 2.75) is 40.2 Å². The highest BCUT2D eigenvalue weighted by Gasteiger charge is 2.26. The predicted molar refractivity (Wildman–Crippen MR) is 99.6 cm³/mol. The number of nitrogens with zero attached hydrogens (tertiary/aromatic N) is 2. The lowest BCUT2D eigenvalue weighted by atomic mass is 10.0. The summed E-state index contributed by atoms with van der Waals surface area (Å²) in [7, 11) is 0. The van der Waals surface area contributed by atoms with E-state index in [9.17, 15) is 14.0 Å². The number of carbonyl (C=O) groups is 2. The van der Waals surface area contributed by atoms with Crippen LogP contribution in [0.4, 0.5) is 9.52 Å². The summed E-state index contributed by atoms with van der Waals surface area (Å²) in [5.74, 6) is -1.41. The number of halogens is 1. The molecule has 1 heterocycles. The minimum absolute atomic E-state index is 0.0962. The van der Waals surface area contributed by atoms with Crippen LogP contribution in [-0.4, -0.2) is 28.1 Å². The molecule has 8 heteroatoms. The van der Waals surface area contributed by atoms with Crippen LogP contribution in [0.2, 0.25) is 0 Å². The smallest absolute Gasteiger partial charge is 0.254 e. The van der Waals surface area contributed by atoms with Gasteiger partial charge in [0.15, 0.2) is 0 Å². The van der Waals surface area contributed by atoms with Crippen LogP contribution in [0, 0.1) is 17.7 Å². The van der Waals surface area contributed by atoms with Gasteiger partial charge in [-0.25, -0.2) is 4.39 Å². The Balaban J connectivity index is 2.06. The quantitative estimate of drug-likeness (QED) is 0.774. The summed E-state index contributed by atoms with van der Waals surface area (Å²) in [6.07, 6.45) is 0.783. The summed E-state index contributed by atoms with van der Waals surface area (Å²) in [6, 6.07) is 4.84. The number of aromatic nitrogens is 2. The van der Waals surface area contributed by atoms with Crippen molar-refractivity contribution in [2.24, 2.45) is 11.8 Å². The maximum absolute atomic E-state index is 13.8. The Kier molecular flexibility index (Phi) is 6.79. The van der Waals surface area contributed by atoms with Crippen LogP contribution in [0.5, 0.6) is 0 Å². The zero-order valence-electron chi connectivity index (χ0n) is 15.2. The molecule has 2 aromatic rings. The molecule has 26 heavy (non-hydrogen) atoms. The van der Waals surface area contributed by atoms with Crippen molar-refractivity contribution in [2.75, 3.05) is 5.32 Å². The van der Waals surface area contributed by atoms with Crippen molar-refractivity contribution in [3.05, 3.63) is 40.7 Å². The Labute approximate surface area is 156 Å². The number of rotatable bonds is 7. The molecule has 2 amide bonds. The van der Waals surface area contributed by atoms with Crippen molar-refractivity contribution in [1.82, 2.24) is 15.5 Å². The van der Waals surface area contributed by atoms with Gasteiger partial charge in [-0.05, 0) is 24.0 Å². The maximum Gasteiger partial charge on any atom is 0.254 e. The molecule has 0 aliphatic rings. The predicted octanol–water partition coefficient (Wildman–Crippen LogP) is 3.27. The Morgan fingerprint density at radius 3 is 2.46 bits per heavy atom. The third kappa shape index (κ3) is 5.32. The van der Waals surface area contributed by atoms with Gasteiger partial charge in [-0.3, -0.25) is 14.9 Å². The Hall–Kier alpha value is -2.35. The molecule has 0 bridgehead atoms. The number of amides is 2. The zero-order chi connectivity index (χ0) is 19.3. The lowest BCUT2D eigenvalue weighted by Gasteiger charge is -2.21. The van der Waals surface area contributed by atoms with E-state index in [4.69, 9.17) is 0 Å². The Bertz CT molecular complexity index is 776. The molecule has 0 saturated heterocycles. The number of anilines is 1. The molecule has 0 spiro atoms. The van der Waals surface area contributed by atoms with Gasteiger partial charge in [-0.2, -0.15) is 0 Å². The lowest BCUT2D eigenvalue weighted by Crippen LogP contribution is -2.47.